The molecule has 0 atom stereocenters. The van der Waals surface area contributed by atoms with Gasteiger partial charge in [-0.2, -0.15) is 0 Å². The van der Waals surface area contributed by atoms with Crippen molar-refractivity contribution in [3.63, 3.8) is 0 Å². The van der Waals surface area contributed by atoms with Crippen LogP contribution in [-0.2, 0) is 33.7 Å². The number of nitrogens with zero attached hydrogens (tertiary/aromatic N) is 3. The number of rotatable bonds is 15. The average Bonchev–Trinajstić information content (AvgIpc) is 3.34. The van der Waals surface area contributed by atoms with Crippen LogP contribution in [0.25, 0.3) is 33.8 Å². The van der Waals surface area contributed by atoms with Gasteiger partial charge in [0.05, 0.1) is 0 Å². The van der Waals surface area contributed by atoms with Crippen molar-refractivity contribution in [2.45, 2.75) is 31.9 Å². The zero-order valence-electron chi connectivity index (χ0n) is 33.3. The molecule has 3 nitrogen and oxygen atoms in total. The van der Waals surface area contributed by atoms with Crippen LogP contribution in [0.5, 0.6) is 0 Å². The Hall–Kier alpha value is -5.53. The number of benzene rings is 6. The van der Waals surface area contributed by atoms with Gasteiger partial charge in [0.25, 0.3) is 0 Å². The molecule has 6 aromatic carbocycles. The van der Waals surface area contributed by atoms with Crippen molar-refractivity contribution in [1.29, 1.82) is 0 Å². The molecule has 0 unspecified atom stereocenters. The fourth-order valence-corrected chi connectivity index (χ4v) is 17.1. The molecule has 0 radical (unpaired) electrons. The molecule has 0 saturated carbocycles. The van der Waals surface area contributed by atoms with Crippen molar-refractivity contribution < 1.29 is 16.5 Å². The van der Waals surface area contributed by atoms with Crippen molar-refractivity contribution in [2.24, 2.45) is 0 Å². The molecular weight excluding hydrogens is 979 g/mol. The predicted molar refractivity (Wildman–Crippen MR) is 256 cm³/mol. The molecule has 0 saturated heterocycles. The fraction of sp³-hybridized carbons (Fsp3) is 0.0556. The molecule has 0 N–H and O–H groups in total. The van der Waals surface area contributed by atoms with E-state index in [0.29, 0.717) is 0 Å². The Bertz CT molecular complexity index is 2530. The molecule has 300 valence electrons. The van der Waals surface area contributed by atoms with Crippen LogP contribution in [0, 0.1) is 0 Å². The van der Waals surface area contributed by atoms with E-state index in [1.165, 1.54) is 43.6 Å². The van der Waals surface area contributed by atoms with Crippen LogP contribution in [0.3, 0.4) is 0 Å². The summed E-state index contributed by atoms with van der Waals surface area (Å²) in [6.07, 6.45) is 5.85. The molecule has 0 fully saturated rings. The van der Waals surface area contributed by atoms with E-state index < -0.39 is 16.5 Å². The van der Waals surface area contributed by atoms with Gasteiger partial charge in [0, 0.05) is 0 Å². The van der Waals surface area contributed by atoms with E-state index in [9.17, 15) is 0 Å². The van der Waals surface area contributed by atoms with Crippen LogP contribution in [0.2, 0.25) is 0 Å². The summed E-state index contributed by atoms with van der Waals surface area (Å²) in [4.78, 5) is 19.5. The topological polar surface area (TPSA) is 38.7 Å². The molecule has 9 aromatic rings. The minimum atomic E-state index is -2.89. The number of hydrogen-bond donors (Lipinski definition) is 0. The third-order valence-corrected chi connectivity index (χ3v) is 20.1. The molecule has 0 bridgehead atoms. The van der Waals surface area contributed by atoms with Gasteiger partial charge in [0.1, 0.15) is 0 Å². The molecule has 0 aliphatic heterocycles. The van der Waals surface area contributed by atoms with Gasteiger partial charge in [-0.05, 0) is 0 Å². The van der Waals surface area contributed by atoms with Crippen LogP contribution in [0.15, 0.2) is 233 Å². The summed E-state index contributed by atoms with van der Waals surface area (Å²) >= 11 is 2.71. The van der Waals surface area contributed by atoms with E-state index in [-0.39, 0.29) is 0 Å². The SMILES string of the molecule is c1ccc(CSc2ccccc2-c2nccc[c]2[Ir]([c]2cccnc2-c2ccccc2SCc2ccccc2)[c]2cccnc2-c2ccccc2SCc2ccccc2)cc1. The second-order valence-corrected chi connectivity index (χ2v) is 22.7. The monoisotopic (exact) mass is 1020 g/mol. The van der Waals surface area contributed by atoms with Crippen LogP contribution in [0.1, 0.15) is 16.7 Å². The van der Waals surface area contributed by atoms with Crippen molar-refractivity contribution >= 4 is 47.5 Å². The maximum absolute atomic E-state index is 5.28. The van der Waals surface area contributed by atoms with Crippen molar-refractivity contribution in [1.82, 2.24) is 15.0 Å². The van der Waals surface area contributed by atoms with Crippen molar-refractivity contribution in [3.05, 3.63) is 235 Å². The third-order valence-electron chi connectivity index (χ3n) is 9.90. The van der Waals surface area contributed by atoms with Gasteiger partial charge in [0.2, 0.25) is 0 Å². The molecule has 0 spiro atoms. The van der Waals surface area contributed by atoms with Crippen LogP contribution >= 0.6 is 35.3 Å². The minimum absolute atomic E-state index is 0.873. The molecule has 0 amide bonds. The van der Waals surface area contributed by atoms with Crippen molar-refractivity contribution in [3.8, 4) is 33.8 Å². The van der Waals surface area contributed by atoms with Crippen LogP contribution in [0.4, 0.5) is 0 Å². The number of aromatic nitrogens is 3. The fourth-order valence-electron chi connectivity index (χ4n) is 6.98. The molecule has 61 heavy (non-hydrogen) atoms. The standard InChI is InChI=1S/3C18H14NS.Ir/c3*1-2-8-15(9-3-1)14-20-18-12-5-4-10-16(18)17-11-6-7-13-19-17;/h3*1-10,12-13H,14H2;. The quantitative estimate of drug-likeness (QED) is 0.0953. The summed E-state index contributed by atoms with van der Waals surface area (Å²) in [7, 11) is 0. The Morgan fingerprint density at radius 1 is 0.295 bits per heavy atom. The van der Waals surface area contributed by atoms with Crippen LogP contribution in [-0.4, -0.2) is 15.0 Å². The predicted octanol–water partition coefficient (Wildman–Crippen LogP) is 12.6. The van der Waals surface area contributed by atoms with Gasteiger partial charge in [-0.1, -0.05) is 0 Å². The Labute approximate surface area is 377 Å². The summed E-state index contributed by atoms with van der Waals surface area (Å²) < 4.78 is 3.80. The van der Waals surface area contributed by atoms with E-state index in [2.05, 4.69) is 200 Å². The van der Waals surface area contributed by atoms with Gasteiger partial charge in [0.15, 0.2) is 0 Å². The number of hydrogen-bond acceptors (Lipinski definition) is 6. The zero-order chi connectivity index (χ0) is 41.1. The summed E-state index contributed by atoms with van der Waals surface area (Å²) in [6, 6.07) is 71.8. The third kappa shape index (κ3) is 9.84. The summed E-state index contributed by atoms with van der Waals surface area (Å²) in [5.41, 5.74) is 10.4. The Balaban J connectivity index is 1.21. The van der Waals surface area contributed by atoms with E-state index in [1.54, 1.807) is 0 Å². The van der Waals surface area contributed by atoms with Gasteiger partial charge in [-0.15, -0.1) is 0 Å². The maximum atomic E-state index is 5.28. The molecule has 9 rings (SSSR count). The van der Waals surface area contributed by atoms with Gasteiger partial charge in [-0.25, -0.2) is 0 Å². The first kappa shape index (κ1) is 40.9. The van der Waals surface area contributed by atoms with E-state index in [4.69, 9.17) is 15.0 Å². The zero-order valence-corrected chi connectivity index (χ0v) is 38.2. The average molecular weight is 1020 g/mol. The summed E-state index contributed by atoms with van der Waals surface area (Å²) in [6.45, 7) is 0. The molecule has 7 heteroatoms. The van der Waals surface area contributed by atoms with Gasteiger partial charge >= 0.3 is 380 Å². The second kappa shape index (κ2) is 20.4. The molecule has 3 heterocycles. The first-order valence-corrected chi connectivity index (χ1v) is 26.6. The second-order valence-electron chi connectivity index (χ2n) is 14.0. The summed E-state index contributed by atoms with van der Waals surface area (Å²) in [5, 5.41) is 0. The first-order chi connectivity index (χ1) is 30.3. The Kier molecular flexibility index (Phi) is 13.6. The Morgan fingerprint density at radius 2 is 0.574 bits per heavy atom. The molecule has 3 aromatic heterocycles. The molecular formula is C54H42IrN3S3. The molecule has 0 aliphatic carbocycles. The van der Waals surface area contributed by atoms with E-state index in [0.717, 1.165) is 51.0 Å². The Morgan fingerprint density at radius 3 is 0.885 bits per heavy atom. The van der Waals surface area contributed by atoms with Crippen molar-refractivity contribution in [2.75, 3.05) is 0 Å². The first-order valence-electron chi connectivity index (χ1n) is 20.1. The number of pyridine rings is 3. The van der Waals surface area contributed by atoms with E-state index in [1.807, 2.05) is 53.9 Å². The normalized spacial score (nSPS) is 11.3. The van der Waals surface area contributed by atoms with E-state index >= 15 is 0 Å². The number of thioether (sulfide) groups is 3. The van der Waals surface area contributed by atoms with Gasteiger partial charge in [-0.3, -0.25) is 0 Å². The van der Waals surface area contributed by atoms with Gasteiger partial charge < -0.3 is 0 Å². The summed E-state index contributed by atoms with van der Waals surface area (Å²) in [5.74, 6) is 2.62. The van der Waals surface area contributed by atoms with Crippen LogP contribution < -0.4 is 12.2 Å². The molecule has 0 aliphatic rings.